The van der Waals surface area contributed by atoms with Crippen molar-refractivity contribution in [2.24, 2.45) is 0 Å². The Bertz CT molecular complexity index is 2050. The van der Waals surface area contributed by atoms with Gasteiger partial charge in [0.15, 0.2) is 15.8 Å². The van der Waals surface area contributed by atoms with Gasteiger partial charge in [0, 0.05) is 50.1 Å². The number of anilines is 5. The van der Waals surface area contributed by atoms with Crippen LogP contribution in [0, 0.1) is 0 Å². The Morgan fingerprint density at radius 1 is 0.765 bits per heavy atom. The lowest BCUT2D eigenvalue weighted by molar-refractivity contribution is 0.181. The Morgan fingerprint density at radius 2 is 1.33 bits per heavy atom. The van der Waals surface area contributed by atoms with E-state index in [-0.39, 0.29) is 10.6 Å². The largest absolute Gasteiger partial charge is 0.399 e. The zero-order valence-electron chi connectivity index (χ0n) is 28.0. The minimum atomic E-state index is 0.159. The topological polar surface area (TPSA) is 140 Å². The number of halogens is 3. The van der Waals surface area contributed by atoms with Gasteiger partial charge < -0.3 is 30.3 Å². The number of nitrogens with zero attached hydrogens (tertiary/aromatic N) is 8. The number of nitrogens with one attached hydrogen (secondary N) is 1. The molecule has 0 saturated carbocycles. The van der Waals surface area contributed by atoms with Gasteiger partial charge in [0.2, 0.25) is 10.6 Å². The molecule has 51 heavy (non-hydrogen) atoms. The summed E-state index contributed by atoms with van der Waals surface area (Å²) in [7, 11) is 3.52. The van der Waals surface area contributed by atoms with Crippen LogP contribution in [0.15, 0.2) is 59.6 Å². The van der Waals surface area contributed by atoms with Crippen LogP contribution in [0.3, 0.4) is 0 Å². The summed E-state index contributed by atoms with van der Waals surface area (Å²) in [6.45, 7) is 3.71. The molecule has 2 atom stereocenters. The second kappa shape index (κ2) is 17.7. The molecule has 3 N–H and O–H groups in total. The molecule has 12 nitrogen and oxygen atoms in total. The summed E-state index contributed by atoms with van der Waals surface area (Å²) >= 11 is 20.1. The number of thiazole rings is 2. The molecule has 2 fully saturated rings. The molecule has 2 saturated heterocycles. The molecule has 0 bridgehead atoms. The fourth-order valence-corrected chi connectivity index (χ4v) is 8.28. The van der Waals surface area contributed by atoms with Crippen LogP contribution in [0.2, 0.25) is 15.7 Å². The van der Waals surface area contributed by atoms with Gasteiger partial charge in [-0.3, -0.25) is 0 Å². The van der Waals surface area contributed by atoms with Gasteiger partial charge in [0.25, 0.3) is 0 Å². The highest BCUT2D eigenvalue weighted by atomic mass is 35.5. The van der Waals surface area contributed by atoms with Crippen LogP contribution in [0.4, 0.5) is 28.6 Å². The second-order valence-corrected chi connectivity index (χ2v) is 14.5. The molecule has 2 aliphatic heterocycles. The van der Waals surface area contributed by atoms with Crippen molar-refractivity contribution in [3.63, 3.8) is 0 Å². The first-order valence-electron chi connectivity index (χ1n) is 16.3. The van der Waals surface area contributed by atoms with E-state index in [1.807, 2.05) is 30.3 Å². The molecule has 0 aliphatic carbocycles. The fraction of sp³-hybridized carbons (Fsp3) is 0.353. The minimum Gasteiger partial charge on any atom is -0.399 e. The number of ether oxygens (including phenoxy) is 2. The maximum atomic E-state index is 6.03. The van der Waals surface area contributed by atoms with E-state index >= 15 is 0 Å². The SMILES string of the molecule is COCC1CCCN1c1cccc(N)c1.COCC1CCCN1c1cccc(Nc2nc(Cl)nc3scnc23)c1.Clc1nc(Cl)c2ncsc2n1. The predicted octanol–water partition coefficient (Wildman–Crippen LogP) is 8.38. The highest BCUT2D eigenvalue weighted by molar-refractivity contribution is 7.16. The lowest BCUT2D eigenvalue weighted by Gasteiger charge is -2.26. The van der Waals surface area contributed by atoms with E-state index in [0.29, 0.717) is 28.6 Å². The van der Waals surface area contributed by atoms with E-state index in [1.54, 1.807) is 25.2 Å². The Balaban J connectivity index is 0.000000146. The summed E-state index contributed by atoms with van der Waals surface area (Å²) in [4.78, 5) is 30.7. The van der Waals surface area contributed by atoms with E-state index < -0.39 is 0 Å². The maximum absolute atomic E-state index is 6.03. The number of nitrogens with two attached hydrogens (primary N) is 1. The van der Waals surface area contributed by atoms with Gasteiger partial charge in [-0.05, 0) is 85.3 Å². The van der Waals surface area contributed by atoms with Gasteiger partial charge in [-0.25, -0.2) is 24.9 Å². The van der Waals surface area contributed by atoms with Crippen LogP contribution < -0.4 is 20.9 Å². The molecule has 6 aromatic rings. The number of benzene rings is 2. The second-order valence-electron chi connectivity index (χ2n) is 11.8. The molecule has 0 spiro atoms. The molecule has 4 aromatic heterocycles. The summed E-state index contributed by atoms with van der Waals surface area (Å²) in [6.07, 6.45) is 4.80. The summed E-state index contributed by atoms with van der Waals surface area (Å²) in [6, 6.07) is 17.3. The van der Waals surface area contributed by atoms with Gasteiger partial charge in [-0.2, -0.15) is 4.98 Å². The quantitative estimate of drug-likeness (QED) is 0.0870. The van der Waals surface area contributed by atoms with Crippen molar-refractivity contribution in [2.75, 3.05) is 61.4 Å². The van der Waals surface area contributed by atoms with Gasteiger partial charge in [0.05, 0.1) is 36.3 Å². The zero-order chi connectivity index (χ0) is 35.7. The molecule has 2 aliphatic rings. The van der Waals surface area contributed by atoms with E-state index in [1.165, 1.54) is 53.3 Å². The van der Waals surface area contributed by atoms with E-state index in [2.05, 4.69) is 63.2 Å². The van der Waals surface area contributed by atoms with E-state index in [0.717, 1.165) is 59.3 Å². The third kappa shape index (κ3) is 9.43. The lowest BCUT2D eigenvalue weighted by Crippen LogP contribution is -2.32. The first-order valence-corrected chi connectivity index (χ1v) is 19.1. The van der Waals surface area contributed by atoms with Crippen molar-refractivity contribution in [1.29, 1.82) is 0 Å². The lowest BCUT2D eigenvalue weighted by atomic mass is 10.2. The van der Waals surface area contributed by atoms with Crippen molar-refractivity contribution in [3.05, 3.63) is 75.3 Å². The Morgan fingerprint density at radius 3 is 1.96 bits per heavy atom. The molecule has 0 radical (unpaired) electrons. The average Bonchev–Trinajstić information content (AvgIpc) is 3.94. The number of methoxy groups -OCH3 is 2. The van der Waals surface area contributed by atoms with Crippen molar-refractivity contribution in [3.8, 4) is 0 Å². The minimum absolute atomic E-state index is 0.159. The van der Waals surface area contributed by atoms with Gasteiger partial charge in [-0.15, -0.1) is 22.7 Å². The molecule has 2 aromatic carbocycles. The van der Waals surface area contributed by atoms with Crippen molar-refractivity contribution in [2.45, 2.75) is 37.8 Å². The zero-order valence-corrected chi connectivity index (χ0v) is 31.9. The number of aromatic nitrogens is 6. The van der Waals surface area contributed by atoms with Crippen molar-refractivity contribution < 1.29 is 9.47 Å². The highest BCUT2D eigenvalue weighted by Crippen LogP contribution is 2.31. The monoisotopic (exact) mass is 786 g/mol. The van der Waals surface area contributed by atoms with Crippen LogP contribution in [0.5, 0.6) is 0 Å². The standard InChI is InChI=1S/C17H18ClN5OS.C12H18N2O.C5HCl2N3S/c1-24-9-13-6-3-7-23(13)12-5-2-4-11(8-12)20-15-14-16(25-10-19-14)22-17(18)21-15;1-15-9-12-6-3-7-14(12)11-5-2-4-10(13)8-11;6-3-2-4(11-1-8-2)10-5(7)9-3/h2,4-5,8,10,13H,3,6-7,9H2,1H3,(H,20,21,22);2,4-5,8,12H,3,6-7,9,13H2,1H3;1H. The number of rotatable bonds is 8. The normalized spacial score (nSPS) is 17.0. The first kappa shape index (κ1) is 37.1. The summed E-state index contributed by atoms with van der Waals surface area (Å²) in [5, 5.41) is 4.02. The number of nitrogen functional groups attached to an aromatic ring is 1. The maximum Gasteiger partial charge on any atom is 0.225 e. The first-order chi connectivity index (χ1) is 24.8. The smallest absolute Gasteiger partial charge is 0.225 e. The van der Waals surface area contributed by atoms with Crippen LogP contribution in [0.25, 0.3) is 20.7 Å². The number of fused-ring (bicyclic) bond motifs is 2. The molecular weight excluding hydrogens is 751 g/mol. The third-order valence-corrected chi connectivity index (χ3v) is 10.5. The summed E-state index contributed by atoms with van der Waals surface area (Å²) in [5.41, 5.74) is 14.7. The molecule has 0 amide bonds. The molecule has 268 valence electrons. The van der Waals surface area contributed by atoms with E-state index in [4.69, 9.17) is 50.0 Å². The van der Waals surface area contributed by atoms with Crippen molar-refractivity contribution >= 4 is 107 Å². The molecule has 17 heteroatoms. The molecule has 8 rings (SSSR count). The Kier molecular flexibility index (Phi) is 12.9. The highest BCUT2D eigenvalue weighted by Gasteiger charge is 2.25. The van der Waals surface area contributed by atoms with Crippen LogP contribution >= 0.6 is 57.5 Å². The Labute approximate surface area is 318 Å². The van der Waals surface area contributed by atoms with Gasteiger partial charge in [-0.1, -0.05) is 23.7 Å². The molecular formula is C34H37Cl3N10O2S2. The third-order valence-electron chi connectivity index (χ3n) is 8.41. The number of hydrogen-bond donors (Lipinski definition) is 2. The van der Waals surface area contributed by atoms with Gasteiger partial charge in [0.1, 0.15) is 15.9 Å². The van der Waals surface area contributed by atoms with Gasteiger partial charge >= 0.3 is 0 Å². The molecule has 6 heterocycles. The molecule has 2 unspecified atom stereocenters. The van der Waals surface area contributed by atoms with Crippen molar-refractivity contribution in [1.82, 2.24) is 29.9 Å². The number of hydrogen-bond acceptors (Lipinski definition) is 14. The predicted molar refractivity (Wildman–Crippen MR) is 211 cm³/mol. The fourth-order valence-electron chi connectivity index (χ4n) is 6.21. The van der Waals surface area contributed by atoms with E-state index in [9.17, 15) is 0 Å². The Hall–Kier alpha value is -3.63. The summed E-state index contributed by atoms with van der Waals surface area (Å²) in [5.74, 6) is 0.628. The van der Waals surface area contributed by atoms with Crippen LogP contribution in [0.1, 0.15) is 25.7 Å². The average molecular weight is 788 g/mol. The van der Waals surface area contributed by atoms with Crippen LogP contribution in [-0.2, 0) is 9.47 Å². The van der Waals surface area contributed by atoms with Crippen LogP contribution in [-0.4, -0.2) is 82.5 Å². The summed E-state index contributed by atoms with van der Waals surface area (Å²) < 4.78 is 10.6.